The molecule has 134 valence electrons. The fraction of sp³-hybridized carbons (Fsp3) is 0.227. The molecular weight excluding hydrogens is 327 g/mol. The lowest BCUT2D eigenvalue weighted by molar-refractivity contribution is -0.132. The quantitative estimate of drug-likeness (QED) is 0.609. The van der Waals surface area contributed by atoms with Crippen LogP contribution in [0.5, 0.6) is 0 Å². The first-order valence-corrected chi connectivity index (χ1v) is 8.87. The monoisotopic (exact) mass is 350 g/mol. The first-order valence-electron chi connectivity index (χ1n) is 8.87. The highest BCUT2D eigenvalue weighted by Gasteiger charge is 2.21. The van der Waals surface area contributed by atoms with Gasteiger partial charge in [0.2, 0.25) is 5.91 Å². The van der Waals surface area contributed by atoms with Crippen LogP contribution in [0.1, 0.15) is 30.5 Å². The molecule has 0 aliphatic heterocycles. The average Bonchev–Trinajstić information content (AvgIpc) is 3.19. The summed E-state index contributed by atoms with van der Waals surface area (Å²) in [5, 5.41) is 0. The number of nitrogens with zero attached hydrogens (tertiary/aromatic N) is 2. The van der Waals surface area contributed by atoms with Gasteiger partial charge in [0.25, 0.3) is 0 Å². The Balaban J connectivity index is 1.80. The SMILES string of the molecule is CCN(Cc1ccccc1)C(=O)C[C@@H](c1cccc(F)c1)n1cccc1. The largest absolute Gasteiger partial charge is 0.346 e. The Kier molecular flexibility index (Phi) is 5.84. The van der Waals surface area contributed by atoms with Gasteiger partial charge < -0.3 is 9.47 Å². The van der Waals surface area contributed by atoms with Gasteiger partial charge in [-0.3, -0.25) is 4.79 Å². The second-order valence-corrected chi connectivity index (χ2v) is 6.30. The van der Waals surface area contributed by atoms with Crippen molar-refractivity contribution >= 4 is 5.91 Å². The molecule has 1 heterocycles. The molecule has 0 fully saturated rings. The Hall–Kier alpha value is -2.88. The van der Waals surface area contributed by atoms with Crippen LogP contribution >= 0.6 is 0 Å². The first-order chi connectivity index (χ1) is 12.7. The molecule has 3 aromatic rings. The van der Waals surface area contributed by atoms with Gasteiger partial charge >= 0.3 is 0 Å². The summed E-state index contributed by atoms with van der Waals surface area (Å²) in [6.07, 6.45) is 4.12. The molecule has 1 amide bonds. The van der Waals surface area contributed by atoms with Gasteiger partial charge in [-0.15, -0.1) is 0 Å². The van der Waals surface area contributed by atoms with Crippen LogP contribution in [0, 0.1) is 5.82 Å². The van der Waals surface area contributed by atoms with Gasteiger partial charge in [0.1, 0.15) is 5.82 Å². The maximum Gasteiger partial charge on any atom is 0.225 e. The van der Waals surface area contributed by atoms with E-state index in [1.807, 2.05) is 77.3 Å². The molecule has 26 heavy (non-hydrogen) atoms. The minimum absolute atomic E-state index is 0.0549. The van der Waals surface area contributed by atoms with E-state index in [4.69, 9.17) is 0 Å². The van der Waals surface area contributed by atoms with Crippen molar-refractivity contribution in [3.05, 3.63) is 96.1 Å². The van der Waals surface area contributed by atoms with E-state index in [0.29, 0.717) is 19.5 Å². The lowest BCUT2D eigenvalue weighted by atomic mass is 10.0. The van der Waals surface area contributed by atoms with Crippen LogP contribution in [-0.2, 0) is 11.3 Å². The third kappa shape index (κ3) is 4.39. The minimum atomic E-state index is -0.288. The molecule has 0 aliphatic carbocycles. The van der Waals surface area contributed by atoms with E-state index in [2.05, 4.69) is 0 Å². The van der Waals surface area contributed by atoms with Crippen molar-refractivity contribution in [1.29, 1.82) is 0 Å². The molecule has 3 rings (SSSR count). The number of hydrogen-bond donors (Lipinski definition) is 0. The Morgan fingerprint density at radius 3 is 2.42 bits per heavy atom. The van der Waals surface area contributed by atoms with Crippen LogP contribution in [0.2, 0.25) is 0 Å². The maximum atomic E-state index is 13.7. The third-order valence-corrected chi connectivity index (χ3v) is 4.54. The normalized spacial score (nSPS) is 11.9. The summed E-state index contributed by atoms with van der Waals surface area (Å²) < 4.78 is 15.7. The number of rotatable bonds is 7. The Morgan fingerprint density at radius 1 is 1.04 bits per heavy atom. The van der Waals surface area contributed by atoms with Crippen molar-refractivity contribution in [3.63, 3.8) is 0 Å². The predicted molar refractivity (Wildman–Crippen MR) is 101 cm³/mol. The molecule has 1 aromatic heterocycles. The minimum Gasteiger partial charge on any atom is -0.346 e. The van der Waals surface area contributed by atoms with Crippen molar-refractivity contribution in [2.24, 2.45) is 0 Å². The van der Waals surface area contributed by atoms with E-state index in [-0.39, 0.29) is 17.8 Å². The van der Waals surface area contributed by atoms with Crippen LogP contribution in [0.15, 0.2) is 79.1 Å². The summed E-state index contributed by atoms with van der Waals surface area (Å²) in [6.45, 7) is 3.20. The van der Waals surface area contributed by atoms with Gasteiger partial charge in [-0.25, -0.2) is 4.39 Å². The van der Waals surface area contributed by atoms with Gasteiger partial charge in [0, 0.05) is 25.5 Å². The zero-order valence-corrected chi connectivity index (χ0v) is 14.9. The average molecular weight is 350 g/mol. The fourth-order valence-electron chi connectivity index (χ4n) is 3.14. The van der Waals surface area contributed by atoms with Gasteiger partial charge in [-0.05, 0) is 42.3 Å². The van der Waals surface area contributed by atoms with Crippen LogP contribution in [0.3, 0.4) is 0 Å². The number of carbonyl (C=O) groups is 1. The highest BCUT2D eigenvalue weighted by molar-refractivity contribution is 5.77. The molecule has 2 aromatic carbocycles. The Morgan fingerprint density at radius 2 is 1.77 bits per heavy atom. The zero-order valence-electron chi connectivity index (χ0n) is 14.9. The van der Waals surface area contributed by atoms with Crippen molar-refractivity contribution in [2.45, 2.75) is 25.9 Å². The lowest BCUT2D eigenvalue weighted by Crippen LogP contribution is -2.32. The van der Waals surface area contributed by atoms with Gasteiger partial charge in [0.05, 0.1) is 12.5 Å². The summed E-state index contributed by atoms with van der Waals surface area (Å²) >= 11 is 0. The summed E-state index contributed by atoms with van der Waals surface area (Å²) in [5.41, 5.74) is 1.90. The third-order valence-electron chi connectivity index (χ3n) is 4.54. The number of hydrogen-bond acceptors (Lipinski definition) is 1. The Labute approximate surface area is 153 Å². The zero-order chi connectivity index (χ0) is 18.4. The van der Waals surface area contributed by atoms with Crippen LogP contribution < -0.4 is 0 Å². The molecule has 4 heteroatoms. The van der Waals surface area contributed by atoms with Crippen molar-refractivity contribution < 1.29 is 9.18 Å². The standard InChI is InChI=1S/C22H23FN2O/c1-2-24(17-18-9-4-3-5-10-18)22(26)16-21(25-13-6-7-14-25)19-11-8-12-20(23)15-19/h3-15,21H,2,16-17H2,1H3/t21-/m0/s1. The first kappa shape index (κ1) is 17.9. The van der Waals surface area contributed by atoms with Crippen LogP contribution in [-0.4, -0.2) is 21.9 Å². The molecule has 0 bridgehead atoms. The second-order valence-electron chi connectivity index (χ2n) is 6.30. The summed E-state index contributed by atoms with van der Waals surface area (Å²) in [7, 11) is 0. The molecule has 0 spiro atoms. The molecule has 3 nitrogen and oxygen atoms in total. The smallest absolute Gasteiger partial charge is 0.225 e. The highest BCUT2D eigenvalue weighted by atomic mass is 19.1. The van der Waals surface area contributed by atoms with E-state index >= 15 is 0 Å². The number of carbonyl (C=O) groups excluding carboxylic acids is 1. The van der Waals surface area contributed by atoms with E-state index in [9.17, 15) is 9.18 Å². The summed E-state index contributed by atoms with van der Waals surface area (Å²) in [4.78, 5) is 14.8. The van der Waals surface area contributed by atoms with Crippen molar-refractivity contribution in [2.75, 3.05) is 6.54 Å². The van der Waals surface area contributed by atoms with E-state index in [1.165, 1.54) is 12.1 Å². The van der Waals surface area contributed by atoms with Crippen LogP contribution in [0.25, 0.3) is 0 Å². The van der Waals surface area contributed by atoms with Gasteiger partial charge in [-0.2, -0.15) is 0 Å². The summed E-state index contributed by atoms with van der Waals surface area (Å²) in [5.74, 6) is -0.233. The molecule has 0 aliphatic rings. The maximum absolute atomic E-state index is 13.7. The highest BCUT2D eigenvalue weighted by Crippen LogP contribution is 2.24. The number of benzene rings is 2. The number of halogens is 1. The summed E-state index contributed by atoms with van der Waals surface area (Å²) in [6, 6.07) is 20.0. The molecule has 0 saturated carbocycles. The molecular formula is C22H23FN2O. The van der Waals surface area contributed by atoms with E-state index in [0.717, 1.165) is 11.1 Å². The topological polar surface area (TPSA) is 25.2 Å². The molecule has 0 radical (unpaired) electrons. The molecule has 0 saturated heterocycles. The van der Waals surface area contributed by atoms with E-state index < -0.39 is 0 Å². The van der Waals surface area contributed by atoms with E-state index in [1.54, 1.807) is 6.07 Å². The van der Waals surface area contributed by atoms with Gasteiger partial charge in [-0.1, -0.05) is 42.5 Å². The molecule has 0 N–H and O–H groups in total. The predicted octanol–water partition coefficient (Wildman–Crippen LogP) is 4.66. The van der Waals surface area contributed by atoms with Crippen molar-refractivity contribution in [3.8, 4) is 0 Å². The fourth-order valence-corrected chi connectivity index (χ4v) is 3.14. The number of aromatic nitrogens is 1. The lowest BCUT2D eigenvalue weighted by Gasteiger charge is -2.25. The second kappa shape index (κ2) is 8.48. The molecule has 0 unspecified atom stereocenters. The number of amides is 1. The molecule has 1 atom stereocenters. The van der Waals surface area contributed by atoms with Crippen LogP contribution in [0.4, 0.5) is 4.39 Å². The Bertz CT molecular complexity index is 830. The van der Waals surface area contributed by atoms with Crippen molar-refractivity contribution in [1.82, 2.24) is 9.47 Å². The van der Waals surface area contributed by atoms with Gasteiger partial charge in [0.15, 0.2) is 0 Å².